The summed E-state index contributed by atoms with van der Waals surface area (Å²) in [4.78, 5) is 25.4. The maximum absolute atomic E-state index is 12.4. The van der Waals surface area contributed by atoms with E-state index in [1.54, 1.807) is 18.5 Å². The average Bonchev–Trinajstić information content (AvgIpc) is 3.20. The molecule has 0 saturated heterocycles. The van der Waals surface area contributed by atoms with E-state index in [0.29, 0.717) is 5.56 Å². The summed E-state index contributed by atoms with van der Waals surface area (Å²) < 4.78 is 23.1. The van der Waals surface area contributed by atoms with Crippen molar-refractivity contribution in [1.29, 1.82) is 0 Å². The van der Waals surface area contributed by atoms with E-state index >= 15 is 0 Å². The Morgan fingerprint density at radius 1 is 1.10 bits per heavy atom. The SMILES string of the molecule is CC(CCn1ccc(-c2ccc(-n3nccn3)cc2)cc1=O)(C(=O)O)S(C)(=O)=O. The van der Waals surface area contributed by atoms with Crippen LogP contribution in [0, 0.1) is 0 Å². The Kier molecular flexibility index (Phi) is 5.38. The maximum Gasteiger partial charge on any atom is 0.324 e. The number of aliphatic carboxylic acids is 1. The highest BCUT2D eigenvalue weighted by atomic mass is 32.2. The Hall–Kier alpha value is -3.27. The Morgan fingerprint density at radius 2 is 1.72 bits per heavy atom. The van der Waals surface area contributed by atoms with Crippen LogP contribution in [0.25, 0.3) is 16.8 Å². The van der Waals surface area contributed by atoms with Crippen LogP contribution in [0.2, 0.25) is 0 Å². The number of carboxylic acids is 1. The number of nitrogens with zero attached hydrogens (tertiary/aromatic N) is 4. The standard InChI is InChI=1S/C19H20N4O5S/c1-19(18(25)26,29(2,27)28)8-12-22-11-7-15(13-17(22)24)14-3-5-16(6-4-14)23-20-9-10-21-23/h3-7,9-11,13H,8,12H2,1-2H3,(H,25,26). The Morgan fingerprint density at radius 3 is 2.24 bits per heavy atom. The largest absolute Gasteiger partial charge is 0.480 e. The van der Waals surface area contributed by atoms with Gasteiger partial charge < -0.3 is 9.67 Å². The molecule has 0 bridgehead atoms. The first kappa shape index (κ1) is 20.5. The number of sulfone groups is 1. The number of hydrogen-bond donors (Lipinski definition) is 1. The third-order valence-electron chi connectivity index (χ3n) is 4.95. The number of carbonyl (C=O) groups is 1. The lowest BCUT2D eigenvalue weighted by Gasteiger charge is -2.23. The highest BCUT2D eigenvalue weighted by Crippen LogP contribution is 2.23. The van der Waals surface area contributed by atoms with E-state index < -0.39 is 20.6 Å². The molecule has 9 nitrogen and oxygen atoms in total. The number of benzene rings is 1. The van der Waals surface area contributed by atoms with Crippen molar-refractivity contribution in [2.75, 3.05) is 6.26 Å². The second kappa shape index (κ2) is 7.63. The van der Waals surface area contributed by atoms with Crippen LogP contribution in [0.1, 0.15) is 13.3 Å². The Balaban J connectivity index is 1.80. The van der Waals surface area contributed by atoms with Gasteiger partial charge in [-0.3, -0.25) is 9.59 Å². The van der Waals surface area contributed by atoms with Crippen LogP contribution in [0.3, 0.4) is 0 Å². The number of aromatic nitrogens is 4. The highest BCUT2D eigenvalue weighted by Gasteiger charge is 2.43. The van der Waals surface area contributed by atoms with E-state index in [0.717, 1.165) is 24.4 Å². The van der Waals surface area contributed by atoms with Crippen molar-refractivity contribution >= 4 is 15.8 Å². The first-order valence-corrected chi connectivity index (χ1v) is 10.6. The second-order valence-electron chi connectivity index (χ2n) is 6.87. The molecular formula is C19H20N4O5S. The van der Waals surface area contributed by atoms with Gasteiger partial charge in [-0.05, 0) is 42.7 Å². The Labute approximate surface area is 167 Å². The molecule has 0 fully saturated rings. The monoisotopic (exact) mass is 416 g/mol. The van der Waals surface area contributed by atoms with Gasteiger partial charge in [-0.1, -0.05) is 12.1 Å². The van der Waals surface area contributed by atoms with E-state index in [4.69, 9.17) is 0 Å². The third-order valence-corrected chi connectivity index (χ3v) is 6.96. The fourth-order valence-electron chi connectivity index (χ4n) is 2.79. The minimum atomic E-state index is -3.85. The van der Waals surface area contributed by atoms with Crippen molar-refractivity contribution in [2.24, 2.45) is 0 Å². The smallest absolute Gasteiger partial charge is 0.324 e. The fourth-order valence-corrected chi connectivity index (χ4v) is 3.57. The predicted octanol–water partition coefficient (Wildman–Crippen LogP) is 1.37. The summed E-state index contributed by atoms with van der Waals surface area (Å²) in [6.45, 7) is 1.12. The molecule has 10 heteroatoms. The number of aryl methyl sites for hydroxylation is 1. The van der Waals surface area contributed by atoms with Gasteiger partial charge in [0.25, 0.3) is 5.56 Å². The van der Waals surface area contributed by atoms with Gasteiger partial charge in [-0.25, -0.2) is 8.42 Å². The Bertz CT molecular complexity index is 1180. The van der Waals surface area contributed by atoms with Gasteiger partial charge in [0.1, 0.15) is 0 Å². The highest BCUT2D eigenvalue weighted by molar-refractivity contribution is 7.92. The molecule has 0 aliphatic carbocycles. The van der Waals surface area contributed by atoms with E-state index in [1.165, 1.54) is 21.6 Å². The van der Waals surface area contributed by atoms with Crippen LogP contribution in [0.5, 0.6) is 0 Å². The van der Waals surface area contributed by atoms with E-state index in [9.17, 15) is 23.1 Å². The van der Waals surface area contributed by atoms with Gasteiger partial charge in [0, 0.05) is 25.1 Å². The van der Waals surface area contributed by atoms with Crippen LogP contribution >= 0.6 is 0 Å². The van der Waals surface area contributed by atoms with Crippen LogP contribution in [0.4, 0.5) is 0 Å². The number of pyridine rings is 1. The molecule has 0 spiro atoms. The molecule has 29 heavy (non-hydrogen) atoms. The summed E-state index contributed by atoms with van der Waals surface area (Å²) in [5, 5.41) is 17.4. The molecule has 0 amide bonds. The topological polar surface area (TPSA) is 124 Å². The quantitative estimate of drug-likeness (QED) is 0.617. The lowest BCUT2D eigenvalue weighted by molar-refractivity contribution is -0.139. The molecule has 0 aliphatic rings. The maximum atomic E-state index is 12.4. The van der Waals surface area contributed by atoms with Gasteiger partial charge in [0.15, 0.2) is 14.6 Å². The molecule has 0 aliphatic heterocycles. The van der Waals surface area contributed by atoms with E-state index in [2.05, 4.69) is 10.2 Å². The minimum absolute atomic E-state index is 0.0289. The zero-order chi connectivity index (χ0) is 21.2. The second-order valence-corrected chi connectivity index (χ2v) is 9.32. The lowest BCUT2D eigenvalue weighted by Crippen LogP contribution is -2.44. The molecule has 1 aromatic carbocycles. The van der Waals surface area contributed by atoms with Crippen molar-refractivity contribution in [1.82, 2.24) is 19.6 Å². The molecule has 2 aromatic heterocycles. The summed E-state index contributed by atoms with van der Waals surface area (Å²) in [5.41, 5.74) is 1.94. The summed E-state index contributed by atoms with van der Waals surface area (Å²) >= 11 is 0. The summed E-state index contributed by atoms with van der Waals surface area (Å²) in [6.07, 6.45) is 5.35. The van der Waals surface area contributed by atoms with Gasteiger partial charge >= 0.3 is 5.97 Å². The molecule has 3 rings (SSSR count). The first-order valence-electron chi connectivity index (χ1n) is 8.72. The summed E-state index contributed by atoms with van der Waals surface area (Å²) in [7, 11) is -3.85. The van der Waals surface area contributed by atoms with Gasteiger partial charge in [0.05, 0.1) is 18.1 Å². The molecule has 0 radical (unpaired) electrons. The average molecular weight is 416 g/mol. The van der Waals surface area contributed by atoms with Gasteiger partial charge in [-0.2, -0.15) is 15.0 Å². The van der Waals surface area contributed by atoms with Crippen molar-refractivity contribution in [3.8, 4) is 16.8 Å². The molecule has 152 valence electrons. The van der Waals surface area contributed by atoms with Crippen LogP contribution in [0.15, 0.2) is 59.8 Å². The number of rotatable bonds is 7. The van der Waals surface area contributed by atoms with Crippen molar-refractivity contribution in [2.45, 2.75) is 24.6 Å². The lowest BCUT2D eigenvalue weighted by atomic mass is 10.1. The number of carboxylic acid groups (broad SMARTS) is 1. The molecule has 0 saturated carbocycles. The third kappa shape index (κ3) is 4.11. The van der Waals surface area contributed by atoms with E-state index in [1.807, 2.05) is 24.3 Å². The van der Waals surface area contributed by atoms with Crippen LogP contribution in [-0.2, 0) is 21.2 Å². The number of hydrogen-bond acceptors (Lipinski definition) is 6. The van der Waals surface area contributed by atoms with Crippen LogP contribution in [-0.4, -0.2) is 50.1 Å². The van der Waals surface area contributed by atoms with E-state index in [-0.39, 0.29) is 18.5 Å². The molecule has 2 heterocycles. The zero-order valence-corrected chi connectivity index (χ0v) is 16.7. The van der Waals surface area contributed by atoms with Crippen molar-refractivity contribution < 1.29 is 18.3 Å². The van der Waals surface area contributed by atoms with Crippen molar-refractivity contribution in [3.63, 3.8) is 0 Å². The normalized spacial score (nSPS) is 13.7. The fraction of sp³-hybridized carbons (Fsp3) is 0.263. The minimum Gasteiger partial charge on any atom is -0.480 e. The zero-order valence-electron chi connectivity index (χ0n) is 15.9. The molecule has 1 N–H and O–H groups in total. The summed E-state index contributed by atoms with van der Waals surface area (Å²) in [5.74, 6) is -1.43. The molecule has 1 unspecified atom stereocenters. The van der Waals surface area contributed by atoms with Crippen molar-refractivity contribution in [3.05, 3.63) is 65.3 Å². The molecular weight excluding hydrogens is 396 g/mol. The van der Waals surface area contributed by atoms with Crippen LogP contribution < -0.4 is 5.56 Å². The first-order chi connectivity index (χ1) is 13.6. The summed E-state index contributed by atoms with van der Waals surface area (Å²) in [6, 6.07) is 10.5. The molecule has 1 atom stereocenters. The van der Waals surface area contributed by atoms with Gasteiger partial charge in [0.2, 0.25) is 0 Å². The predicted molar refractivity (Wildman–Crippen MR) is 107 cm³/mol. The van der Waals surface area contributed by atoms with Gasteiger partial charge in [-0.15, -0.1) is 0 Å². The molecule has 3 aromatic rings.